The zero-order valence-corrected chi connectivity index (χ0v) is 13.2. The minimum Gasteiger partial charge on any atom is -0.479 e. The summed E-state index contributed by atoms with van der Waals surface area (Å²) in [6.07, 6.45) is 6.18. The summed E-state index contributed by atoms with van der Waals surface area (Å²) in [5, 5.41) is 11.6. The zero-order valence-electron chi connectivity index (χ0n) is 13.2. The standard InChI is InChI=1S/C15H21N5O2/c1-19-9-11(15(18-19)22-3)14(21)16-8-12-10-6-4-5-7-13(10)20(2)17-12/h9H,4-8H2,1-3H3,(H,16,21). The summed E-state index contributed by atoms with van der Waals surface area (Å²) in [6.45, 7) is 0.431. The van der Waals surface area contributed by atoms with Crippen molar-refractivity contribution >= 4 is 5.91 Å². The molecule has 0 aromatic carbocycles. The minimum atomic E-state index is -0.194. The molecular weight excluding hydrogens is 282 g/mol. The first-order valence-electron chi connectivity index (χ1n) is 7.49. The minimum absolute atomic E-state index is 0.194. The quantitative estimate of drug-likeness (QED) is 0.913. The van der Waals surface area contributed by atoms with Crippen molar-refractivity contribution in [3.8, 4) is 5.88 Å². The number of nitrogens with zero attached hydrogens (tertiary/aromatic N) is 4. The molecule has 0 atom stereocenters. The van der Waals surface area contributed by atoms with Gasteiger partial charge in [0.25, 0.3) is 5.91 Å². The number of fused-ring (bicyclic) bond motifs is 1. The summed E-state index contributed by atoms with van der Waals surface area (Å²) in [7, 11) is 5.24. The predicted molar refractivity (Wildman–Crippen MR) is 80.8 cm³/mol. The van der Waals surface area contributed by atoms with Crippen LogP contribution in [0.1, 0.15) is 40.2 Å². The van der Waals surface area contributed by atoms with E-state index in [4.69, 9.17) is 4.74 Å². The van der Waals surface area contributed by atoms with Crippen molar-refractivity contribution in [2.24, 2.45) is 14.1 Å². The fourth-order valence-electron chi connectivity index (χ4n) is 3.03. The third-order valence-electron chi connectivity index (χ3n) is 4.10. The van der Waals surface area contributed by atoms with Crippen molar-refractivity contribution in [3.05, 3.63) is 28.7 Å². The van der Waals surface area contributed by atoms with Crippen LogP contribution in [-0.2, 0) is 33.5 Å². The van der Waals surface area contributed by atoms with Gasteiger partial charge < -0.3 is 10.1 Å². The van der Waals surface area contributed by atoms with E-state index in [1.165, 1.54) is 31.2 Å². The molecule has 0 unspecified atom stereocenters. The number of carbonyl (C=O) groups excluding carboxylic acids is 1. The number of aromatic nitrogens is 4. The second-order valence-corrected chi connectivity index (χ2v) is 5.61. The number of aryl methyl sites for hydroxylation is 2. The predicted octanol–water partition coefficient (Wildman–Crippen LogP) is 0.971. The Hall–Kier alpha value is -2.31. The fourth-order valence-corrected chi connectivity index (χ4v) is 3.03. The molecule has 2 heterocycles. The van der Waals surface area contributed by atoms with E-state index < -0.39 is 0 Å². The number of ether oxygens (including phenoxy) is 1. The number of carbonyl (C=O) groups is 1. The number of rotatable bonds is 4. The van der Waals surface area contributed by atoms with Crippen LogP contribution in [-0.4, -0.2) is 32.6 Å². The summed E-state index contributed by atoms with van der Waals surface area (Å²) in [5.74, 6) is 0.142. The second kappa shape index (κ2) is 5.82. The zero-order chi connectivity index (χ0) is 15.7. The largest absolute Gasteiger partial charge is 0.479 e. The molecule has 2 aromatic heterocycles. The van der Waals surface area contributed by atoms with Crippen LogP contribution < -0.4 is 10.1 Å². The van der Waals surface area contributed by atoms with Gasteiger partial charge in [0, 0.05) is 26.0 Å². The van der Waals surface area contributed by atoms with E-state index in [-0.39, 0.29) is 5.91 Å². The molecule has 7 heteroatoms. The normalized spacial score (nSPS) is 13.8. The molecule has 0 saturated heterocycles. The average Bonchev–Trinajstić information content (AvgIpc) is 3.06. The van der Waals surface area contributed by atoms with E-state index >= 15 is 0 Å². The van der Waals surface area contributed by atoms with E-state index in [2.05, 4.69) is 15.5 Å². The highest BCUT2D eigenvalue weighted by atomic mass is 16.5. The van der Waals surface area contributed by atoms with Crippen LogP contribution in [0.4, 0.5) is 0 Å². The Morgan fingerprint density at radius 2 is 2.09 bits per heavy atom. The Morgan fingerprint density at radius 3 is 2.86 bits per heavy atom. The van der Waals surface area contributed by atoms with Gasteiger partial charge in [-0.1, -0.05) is 0 Å². The first-order chi connectivity index (χ1) is 10.6. The molecule has 118 valence electrons. The Labute approximate surface area is 129 Å². The lowest BCUT2D eigenvalue weighted by molar-refractivity contribution is 0.0947. The lowest BCUT2D eigenvalue weighted by Crippen LogP contribution is -2.24. The van der Waals surface area contributed by atoms with Gasteiger partial charge in [-0.2, -0.15) is 5.10 Å². The molecule has 0 fully saturated rings. The number of amides is 1. The molecule has 1 aliphatic carbocycles. The van der Waals surface area contributed by atoms with Gasteiger partial charge >= 0.3 is 0 Å². The second-order valence-electron chi connectivity index (χ2n) is 5.61. The maximum Gasteiger partial charge on any atom is 0.258 e. The molecule has 0 spiro atoms. The molecule has 1 amide bonds. The third-order valence-corrected chi connectivity index (χ3v) is 4.10. The maximum atomic E-state index is 12.3. The van der Waals surface area contributed by atoms with Crippen molar-refractivity contribution in [2.45, 2.75) is 32.2 Å². The number of hydrogen-bond donors (Lipinski definition) is 1. The first kappa shape index (κ1) is 14.6. The Balaban J connectivity index is 1.74. The molecule has 0 saturated carbocycles. The van der Waals surface area contributed by atoms with Gasteiger partial charge in [-0.3, -0.25) is 14.2 Å². The molecular formula is C15H21N5O2. The molecule has 0 radical (unpaired) electrons. The smallest absolute Gasteiger partial charge is 0.258 e. The summed E-state index contributed by atoms with van der Waals surface area (Å²) in [4.78, 5) is 12.3. The maximum absolute atomic E-state index is 12.3. The topological polar surface area (TPSA) is 74.0 Å². The van der Waals surface area contributed by atoms with Gasteiger partial charge in [0.15, 0.2) is 0 Å². The monoisotopic (exact) mass is 303 g/mol. The van der Waals surface area contributed by atoms with Crippen molar-refractivity contribution in [1.29, 1.82) is 0 Å². The van der Waals surface area contributed by atoms with E-state index in [1.54, 1.807) is 17.9 Å². The molecule has 1 aliphatic rings. The number of hydrogen-bond acceptors (Lipinski definition) is 4. The van der Waals surface area contributed by atoms with Crippen LogP contribution in [0.25, 0.3) is 0 Å². The van der Waals surface area contributed by atoms with Gasteiger partial charge in [-0.05, 0) is 31.2 Å². The van der Waals surface area contributed by atoms with Crippen molar-refractivity contribution < 1.29 is 9.53 Å². The van der Waals surface area contributed by atoms with Crippen LogP contribution in [0.15, 0.2) is 6.20 Å². The van der Waals surface area contributed by atoms with Crippen molar-refractivity contribution in [1.82, 2.24) is 24.9 Å². The van der Waals surface area contributed by atoms with Crippen molar-refractivity contribution in [2.75, 3.05) is 7.11 Å². The summed E-state index contributed by atoms with van der Waals surface area (Å²) < 4.78 is 8.63. The third kappa shape index (κ3) is 2.58. The van der Waals surface area contributed by atoms with Crippen molar-refractivity contribution in [3.63, 3.8) is 0 Å². The summed E-state index contributed by atoms with van der Waals surface area (Å²) >= 11 is 0. The molecule has 0 aliphatic heterocycles. The SMILES string of the molecule is COc1nn(C)cc1C(=O)NCc1nn(C)c2c1CCCC2. The summed E-state index contributed by atoms with van der Waals surface area (Å²) in [6, 6.07) is 0. The molecule has 0 bridgehead atoms. The highest BCUT2D eigenvalue weighted by Gasteiger charge is 2.21. The van der Waals surface area contributed by atoms with E-state index in [0.29, 0.717) is 18.0 Å². The molecule has 22 heavy (non-hydrogen) atoms. The van der Waals surface area contributed by atoms with E-state index in [0.717, 1.165) is 18.5 Å². The lowest BCUT2D eigenvalue weighted by Gasteiger charge is -2.12. The molecule has 2 aromatic rings. The van der Waals surface area contributed by atoms with Crippen LogP contribution >= 0.6 is 0 Å². The molecule has 7 nitrogen and oxygen atoms in total. The number of nitrogens with one attached hydrogen (secondary N) is 1. The van der Waals surface area contributed by atoms with Gasteiger partial charge in [0.2, 0.25) is 5.88 Å². The van der Waals surface area contributed by atoms with Crippen LogP contribution in [0, 0.1) is 0 Å². The average molecular weight is 303 g/mol. The fraction of sp³-hybridized carbons (Fsp3) is 0.533. The molecule has 3 rings (SSSR count). The van der Waals surface area contributed by atoms with Gasteiger partial charge in [-0.15, -0.1) is 5.10 Å². The Morgan fingerprint density at radius 1 is 1.32 bits per heavy atom. The molecule has 1 N–H and O–H groups in total. The van der Waals surface area contributed by atoms with Gasteiger partial charge in [-0.25, -0.2) is 0 Å². The Bertz CT molecular complexity index is 701. The Kier molecular flexibility index (Phi) is 3.87. The van der Waals surface area contributed by atoms with Crippen LogP contribution in [0.3, 0.4) is 0 Å². The van der Waals surface area contributed by atoms with Crippen LogP contribution in [0.2, 0.25) is 0 Å². The lowest BCUT2D eigenvalue weighted by atomic mass is 9.96. The van der Waals surface area contributed by atoms with E-state index in [1.807, 2.05) is 11.7 Å². The first-order valence-corrected chi connectivity index (χ1v) is 7.49. The van der Waals surface area contributed by atoms with Crippen LogP contribution in [0.5, 0.6) is 5.88 Å². The number of methoxy groups -OCH3 is 1. The van der Waals surface area contributed by atoms with E-state index in [9.17, 15) is 4.79 Å². The highest BCUT2D eigenvalue weighted by molar-refractivity contribution is 5.96. The highest BCUT2D eigenvalue weighted by Crippen LogP contribution is 2.24. The van der Waals surface area contributed by atoms with Gasteiger partial charge in [0.05, 0.1) is 19.3 Å². The summed E-state index contributed by atoms with van der Waals surface area (Å²) in [5.41, 5.74) is 4.00. The van der Waals surface area contributed by atoms with Gasteiger partial charge in [0.1, 0.15) is 5.56 Å².